The zero-order valence-electron chi connectivity index (χ0n) is 12.0. The second kappa shape index (κ2) is 4.54. The number of aromatic amines is 3. The molecule has 0 saturated heterocycles. The Kier molecular flexibility index (Phi) is 2.40. The van der Waals surface area contributed by atoms with Gasteiger partial charge in [-0.1, -0.05) is 6.07 Å². The van der Waals surface area contributed by atoms with E-state index in [1.165, 1.54) is 0 Å². The first-order valence-electron chi connectivity index (χ1n) is 7.30. The number of aromatic nitrogens is 6. The summed E-state index contributed by atoms with van der Waals surface area (Å²) in [6.07, 6.45) is 5.49. The van der Waals surface area contributed by atoms with Crippen LogP contribution in [0, 0.1) is 0 Å². The van der Waals surface area contributed by atoms with Crippen molar-refractivity contribution in [3.8, 4) is 22.5 Å². The van der Waals surface area contributed by atoms with Crippen LogP contribution in [0.15, 0.2) is 55.0 Å². The summed E-state index contributed by atoms with van der Waals surface area (Å²) in [6, 6.07) is 12.2. The highest BCUT2D eigenvalue weighted by molar-refractivity contribution is 5.97. The number of nitrogens with one attached hydrogen (secondary N) is 3. The molecule has 4 aromatic heterocycles. The number of rotatable bonds is 2. The number of benzene rings is 1. The Bertz CT molecular complexity index is 1080. The van der Waals surface area contributed by atoms with Crippen LogP contribution in [0.1, 0.15) is 0 Å². The minimum absolute atomic E-state index is 0.892. The van der Waals surface area contributed by atoms with Crippen LogP contribution in [-0.4, -0.2) is 30.4 Å². The van der Waals surface area contributed by atoms with Crippen molar-refractivity contribution in [2.24, 2.45) is 0 Å². The minimum atomic E-state index is 0.892. The number of H-pyrrole nitrogens is 3. The molecule has 0 spiro atoms. The number of hydrogen-bond acceptors (Lipinski definition) is 3. The van der Waals surface area contributed by atoms with Crippen molar-refractivity contribution < 1.29 is 0 Å². The molecule has 0 saturated carbocycles. The number of pyridine rings is 1. The lowest BCUT2D eigenvalue weighted by atomic mass is 10.1. The Balaban J connectivity index is 1.73. The summed E-state index contributed by atoms with van der Waals surface area (Å²) in [4.78, 5) is 7.75. The minimum Gasteiger partial charge on any atom is -0.352 e. The first-order valence-corrected chi connectivity index (χ1v) is 7.30. The van der Waals surface area contributed by atoms with E-state index in [1.54, 1.807) is 6.20 Å². The fourth-order valence-electron chi connectivity index (χ4n) is 2.89. The maximum absolute atomic E-state index is 4.48. The largest absolute Gasteiger partial charge is 0.352 e. The molecular weight excluding hydrogens is 288 g/mol. The molecule has 0 amide bonds. The Hall–Kier alpha value is -3.41. The van der Waals surface area contributed by atoms with E-state index in [0.717, 1.165) is 44.5 Å². The maximum atomic E-state index is 4.48. The summed E-state index contributed by atoms with van der Waals surface area (Å²) >= 11 is 0. The van der Waals surface area contributed by atoms with Crippen LogP contribution in [0.4, 0.5) is 0 Å². The van der Waals surface area contributed by atoms with Crippen molar-refractivity contribution in [3.63, 3.8) is 0 Å². The van der Waals surface area contributed by atoms with Gasteiger partial charge in [-0.15, -0.1) is 0 Å². The van der Waals surface area contributed by atoms with Crippen LogP contribution < -0.4 is 0 Å². The zero-order chi connectivity index (χ0) is 15.2. The summed E-state index contributed by atoms with van der Waals surface area (Å²) < 4.78 is 0. The number of nitrogens with zero attached hydrogens (tertiary/aromatic N) is 3. The second-order valence-electron chi connectivity index (χ2n) is 5.44. The van der Waals surface area contributed by atoms with E-state index >= 15 is 0 Å². The third-order valence-corrected chi connectivity index (χ3v) is 4.04. The zero-order valence-corrected chi connectivity index (χ0v) is 12.0. The van der Waals surface area contributed by atoms with E-state index in [4.69, 9.17) is 0 Å². The molecule has 0 bridgehead atoms. The average molecular weight is 300 g/mol. The van der Waals surface area contributed by atoms with Crippen molar-refractivity contribution in [3.05, 3.63) is 55.0 Å². The molecule has 0 aliphatic heterocycles. The lowest BCUT2D eigenvalue weighted by Gasteiger charge is -1.98. The van der Waals surface area contributed by atoms with Gasteiger partial charge in [0.1, 0.15) is 5.69 Å². The van der Waals surface area contributed by atoms with E-state index in [1.807, 2.05) is 36.7 Å². The first-order chi connectivity index (χ1) is 11.4. The molecule has 1 aromatic carbocycles. The van der Waals surface area contributed by atoms with Crippen LogP contribution >= 0.6 is 0 Å². The summed E-state index contributed by atoms with van der Waals surface area (Å²) in [5, 5.41) is 15.5. The molecule has 23 heavy (non-hydrogen) atoms. The molecule has 0 radical (unpaired) electrons. The molecule has 0 fully saturated rings. The monoisotopic (exact) mass is 300 g/mol. The predicted octanol–water partition coefficient (Wildman–Crippen LogP) is 3.50. The van der Waals surface area contributed by atoms with E-state index in [9.17, 15) is 0 Å². The Morgan fingerprint density at radius 1 is 0.957 bits per heavy atom. The summed E-state index contributed by atoms with van der Waals surface area (Å²) in [7, 11) is 0. The third-order valence-electron chi connectivity index (χ3n) is 4.04. The molecule has 0 atom stereocenters. The Morgan fingerprint density at radius 3 is 2.83 bits per heavy atom. The van der Waals surface area contributed by atoms with Crippen molar-refractivity contribution in [1.29, 1.82) is 0 Å². The highest BCUT2D eigenvalue weighted by Crippen LogP contribution is 2.31. The molecule has 0 aliphatic carbocycles. The second-order valence-corrected chi connectivity index (χ2v) is 5.44. The molecular formula is C17H12N6. The van der Waals surface area contributed by atoms with Gasteiger partial charge in [-0.05, 0) is 35.9 Å². The van der Waals surface area contributed by atoms with Crippen molar-refractivity contribution in [2.75, 3.05) is 0 Å². The standard InChI is InChI=1S/C17H12N6/c1-2-14-15(18-5-1)7-16(21-14)17-12-6-10(11-8-19-20-9-11)3-4-13(12)22-23-17/h1-9,21H,(H,19,20)(H,22,23). The molecule has 110 valence electrons. The fraction of sp³-hybridized carbons (Fsp3) is 0. The van der Waals surface area contributed by atoms with E-state index in [2.05, 4.69) is 42.5 Å². The molecule has 0 aliphatic rings. The van der Waals surface area contributed by atoms with E-state index < -0.39 is 0 Å². The average Bonchev–Trinajstić information content (AvgIpc) is 3.32. The Labute approximate surface area is 130 Å². The number of hydrogen-bond donors (Lipinski definition) is 3. The molecule has 5 rings (SSSR count). The summed E-state index contributed by atoms with van der Waals surface area (Å²) in [5.41, 5.74) is 6.94. The smallest absolute Gasteiger partial charge is 0.116 e. The van der Waals surface area contributed by atoms with Gasteiger partial charge in [-0.3, -0.25) is 15.2 Å². The Morgan fingerprint density at radius 2 is 1.96 bits per heavy atom. The maximum Gasteiger partial charge on any atom is 0.116 e. The van der Waals surface area contributed by atoms with Crippen molar-refractivity contribution in [1.82, 2.24) is 30.4 Å². The highest BCUT2D eigenvalue weighted by atomic mass is 15.1. The summed E-state index contributed by atoms with van der Waals surface area (Å²) in [5.74, 6) is 0. The number of fused-ring (bicyclic) bond motifs is 2. The first kappa shape index (κ1) is 12.2. The van der Waals surface area contributed by atoms with E-state index in [0.29, 0.717) is 0 Å². The highest BCUT2D eigenvalue weighted by Gasteiger charge is 2.12. The third kappa shape index (κ3) is 1.85. The SMILES string of the molecule is c1cnc2cc(-c3n[nH]c4ccc(-c5cn[nH]c5)cc34)[nH]c2c1. The quantitative estimate of drug-likeness (QED) is 0.466. The van der Waals surface area contributed by atoms with Crippen LogP contribution in [0.2, 0.25) is 0 Å². The van der Waals surface area contributed by atoms with Gasteiger partial charge in [0.05, 0.1) is 28.4 Å². The van der Waals surface area contributed by atoms with Crippen LogP contribution in [0.3, 0.4) is 0 Å². The normalized spacial score (nSPS) is 11.5. The van der Waals surface area contributed by atoms with Gasteiger partial charge in [0, 0.05) is 23.3 Å². The van der Waals surface area contributed by atoms with Gasteiger partial charge in [0.15, 0.2) is 0 Å². The van der Waals surface area contributed by atoms with Crippen LogP contribution in [0.25, 0.3) is 44.5 Å². The van der Waals surface area contributed by atoms with Gasteiger partial charge in [-0.25, -0.2) is 0 Å². The van der Waals surface area contributed by atoms with Gasteiger partial charge in [-0.2, -0.15) is 10.2 Å². The fourth-order valence-corrected chi connectivity index (χ4v) is 2.89. The molecule has 6 nitrogen and oxygen atoms in total. The van der Waals surface area contributed by atoms with Crippen molar-refractivity contribution in [2.45, 2.75) is 0 Å². The molecule has 0 unspecified atom stereocenters. The lowest BCUT2D eigenvalue weighted by molar-refractivity contribution is 1.09. The van der Waals surface area contributed by atoms with Crippen molar-refractivity contribution >= 4 is 21.9 Å². The predicted molar refractivity (Wildman–Crippen MR) is 88.8 cm³/mol. The summed E-state index contributed by atoms with van der Waals surface area (Å²) in [6.45, 7) is 0. The molecule has 5 aromatic rings. The molecule has 3 N–H and O–H groups in total. The van der Waals surface area contributed by atoms with Gasteiger partial charge < -0.3 is 4.98 Å². The molecule has 6 heteroatoms. The topological polar surface area (TPSA) is 86.0 Å². The van der Waals surface area contributed by atoms with Crippen LogP contribution in [-0.2, 0) is 0 Å². The van der Waals surface area contributed by atoms with Crippen LogP contribution in [0.5, 0.6) is 0 Å². The van der Waals surface area contributed by atoms with E-state index in [-0.39, 0.29) is 0 Å². The van der Waals surface area contributed by atoms with Gasteiger partial charge in [0.2, 0.25) is 0 Å². The molecule has 4 heterocycles. The lowest BCUT2D eigenvalue weighted by Crippen LogP contribution is -1.79. The van der Waals surface area contributed by atoms with Gasteiger partial charge in [0.25, 0.3) is 0 Å². The van der Waals surface area contributed by atoms with Gasteiger partial charge >= 0.3 is 0 Å².